The Morgan fingerprint density at radius 2 is 2.38 bits per heavy atom. The van der Waals surface area contributed by atoms with E-state index in [2.05, 4.69) is 10.4 Å². The molecule has 1 aromatic carbocycles. The molecule has 2 aromatic rings. The zero-order valence-electron chi connectivity index (χ0n) is 14.1. The second-order valence-corrected chi connectivity index (χ2v) is 6.18. The molecule has 1 aromatic heterocycles. The summed E-state index contributed by atoms with van der Waals surface area (Å²) in [6.45, 7) is 1.25. The van der Waals surface area contributed by atoms with Crippen molar-refractivity contribution in [1.82, 2.24) is 15.1 Å². The Kier molecular flexibility index (Phi) is 5.03. The summed E-state index contributed by atoms with van der Waals surface area (Å²) in [4.78, 5) is 12.0. The summed E-state index contributed by atoms with van der Waals surface area (Å²) in [7, 11) is 3.52. The van der Waals surface area contributed by atoms with Gasteiger partial charge in [-0.2, -0.15) is 5.10 Å². The molecule has 0 saturated heterocycles. The first-order valence-electron chi connectivity index (χ1n) is 8.18. The highest BCUT2D eigenvalue weighted by molar-refractivity contribution is 5.76. The summed E-state index contributed by atoms with van der Waals surface area (Å²) in [6, 6.07) is 5.89. The third-order valence-electron chi connectivity index (χ3n) is 4.24. The van der Waals surface area contributed by atoms with Crippen molar-refractivity contribution in [2.45, 2.75) is 19.3 Å². The van der Waals surface area contributed by atoms with Gasteiger partial charge in [0.05, 0.1) is 19.9 Å². The van der Waals surface area contributed by atoms with Gasteiger partial charge in [-0.15, -0.1) is 0 Å². The van der Waals surface area contributed by atoms with E-state index in [4.69, 9.17) is 9.47 Å². The molecule has 2 heterocycles. The fourth-order valence-corrected chi connectivity index (χ4v) is 2.88. The number of carbonyl (C=O) groups is 1. The zero-order valence-corrected chi connectivity index (χ0v) is 14.1. The molecule has 0 radical (unpaired) electrons. The number of fused-ring (bicyclic) bond motifs is 1. The average Bonchev–Trinajstić information content (AvgIpc) is 3.02. The van der Waals surface area contributed by atoms with Gasteiger partial charge < -0.3 is 14.8 Å². The zero-order chi connectivity index (χ0) is 16.9. The van der Waals surface area contributed by atoms with Gasteiger partial charge in [0.15, 0.2) is 0 Å². The number of hydrogen-bond donors (Lipinski definition) is 1. The van der Waals surface area contributed by atoms with E-state index in [-0.39, 0.29) is 5.91 Å². The first-order chi connectivity index (χ1) is 11.6. The van der Waals surface area contributed by atoms with Gasteiger partial charge in [0, 0.05) is 38.2 Å². The molecular formula is C18H23N3O3. The summed E-state index contributed by atoms with van der Waals surface area (Å²) in [5.41, 5.74) is 2.24. The highest BCUT2D eigenvalue weighted by Crippen LogP contribution is 2.30. The van der Waals surface area contributed by atoms with Crippen molar-refractivity contribution >= 4 is 5.91 Å². The molecule has 0 aliphatic carbocycles. The molecule has 6 nitrogen and oxygen atoms in total. The van der Waals surface area contributed by atoms with E-state index in [1.54, 1.807) is 18.0 Å². The van der Waals surface area contributed by atoms with Crippen LogP contribution in [0.5, 0.6) is 11.5 Å². The Morgan fingerprint density at radius 1 is 1.50 bits per heavy atom. The van der Waals surface area contributed by atoms with Gasteiger partial charge in [0.1, 0.15) is 11.5 Å². The molecule has 6 heteroatoms. The largest absolute Gasteiger partial charge is 0.497 e. The van der Waals surface area contributed by atoms with Crippen LogP contribution < -0.4 is 14.8 Å². The third kappa shape index (κ3) is 4.07. The van der Waals surface area contributed by atoms with Crippen LogP contribution in [-0.2, 0) is 24.7 Å². The van der Waals surface area contributed by atoms with Crippen LogP contribution in [-0.4, -0.2) is 35.9 Å². The van der Waals surface area contributed by atoms with Crippen LogP contribution >= 0.6 is 0 Å². The molecule has 0 spiro atoms. The molecule has 0 saturated carbocycles. The topological polar surface area (TPSA) is 65.4 Å². The number of aromatic nitrogens is 2. The summed E-state index contributed by atoms with van der Waals surface area (Å²) in [5, 5.41) is 7.12. The first-order valence-corrected chi connectivity index (χ1v) is 8.18. The lowest BCUT2D eigenvalue weighted by atomic mass is 9.96. The maximum atomic E-state index is 12.0. The van der Waals surface area contributed by atoms with Crippen molar-refractivity contribution in [3.8, 4) is 11.5 Å². The normalized spacial score (nSPS) is 16.2. The van der Waals surface area contributed by atoms with Gasteiger partial charge in [-0.25, -0.2) is 0 Å². The molecule has 128 valence electrons. The van der Waals surface area contributed by atoms with Crippen LogP contribution in [0.25, 0.3) is 0 Å². The Morgan fingerprint density at radius 3 is 3.12 bits per heavy atom. The lowest BCUT2D eigenvalue weighted by Crippen LogP contribution is -2.34. The van der Waals surface area contributed by atoms with Crippen molar-refractivity contribution in [1.29, 1.82) is 0 Å². The summed E-state index contributed by atoms with van der Waals surface area (Å²) < 4.78 is 12.8. The maximum Gasteiger partial charge on any atom is 0.220 e. The minimum atomic E-state index is 0.0689. The molecule has 24 heavy (non-hydrogen) atoms. The van der Waals surface area contributed by atoms with Gasteiger partial charge in [-0.05, 0) is 30.0 Å². The molecule has 1 aliphatic heterocycles. The van der Waals surface area contributed by atoms with Crippen LogP contribution in [0.2, 0.25) is 0 Å². The van der Waals surface area contributed by atoms with Crippen LogP contribution in [0.4, 0.5) is 0 Å². The van der Waals surface area contributed by atoms with Crippen molar-refractivity contribution in [3.63, 3.8) is 0 Å². The summed E-state index contributed by atoms with van der Waals surface area (Å²) in [5.74, 6) is 2.05. The Bertz CT molecular complexity index is 711. The number of carbonyl (C=O) groups excluding carboxylic acids is 1. The maximum absolute atomic E-state index is 12.0. The Hall–Kier alpha value is -2.50. The lowest BCUT2D eigenvalue weighted by molar-refractivity contribution is -0.121. The fourth-order valence-electron chi connectivity index (χ4n) is 2.88. The van der Waals surface area contributed by atoms with Crippen molar-refractivity contribution in [3.05, 3.63) is 41.7 Å². The lowest BCUT2D eigenvalue weighted by Gasteiger charge is -2.25. The molecule has 1 N–H and O–H groups in total. The molecule has 1 atom stereocenters. The van der Waals surface area contributed by atoms with Gasteiger partial charge in [0.2, 0.25) is 5.91 Å². The molecule has 1 aliphatic rings. The fraction of sp³-hybridized carbons (Fsp3) is 0.444. The molecule has 3 rings (SSSR count). The van der Waals surface area contributed by atoms with E-state index in [0.717, 1.165) is 29.0 Å². The predicted molar refractivity (Wildman–Crippen MR) is 90.2 cm³/mol. The van der Waals surface area contributed by atoms with E-state index >= 15 is 0 Å². The SMILES string of the molecule is COc1ccc2c(c1)OCC(CNC(=O)CCc1cnn(C)c1)C2. The smallest absolute Gasteiger partial charge is 0.220 e. The number of aryl methyl sites for hydroxylation is 2. The number of amides is 1. The third-order valence-corrected chi connectivity index (χ3v) is 4.24. The summed E-state index contributed by atoms with van der Waals surface area (Å²) >= 11 is 0. The van der Waals surface area contributed by atoms with Crippen LogP contribution in [0, 0.1) is 5.92 Å². The van der Waals surface area contributed by atoms with E-state index in [9.17, 15) is 4.79 Å². The Balaban J connectivity index is 1.44. The van der Waals surface area contributed by atoms with Crippen LogP contribution in [0.1, 0.15) is 17.5 Å². The van der Waals surface area contributed by atoms with Crippen molar-refractivity contribution in [2.24, 2.45) is 13.0 Å². The molecular weight excluding hydrogens is 306 g/mol. The minimum absolute atomic E-state index is 0.0689. The van der Waals surface area contributed by atoms with Crippen molar-refractivity contribution < 1.29 is 14.3 Å². The standard InChI is InChI=1S/C18H23N3O3/c1-21-11-13(10-20-21)3-6-18(22)19-9-14-7-15-4-5-16(23-2)8-17(15)24-12-14/h4-5,8,10-11,14H,3,6-7,9,12H2,1-2H3,(H,19,22). The number of benzene rings is 1. The highest BCUT2D eigenvalue weighted by Gasteiger charge is 2.20. The second-order valence-electron chi connectivity index (χ2n) is 6.18. The predicted octanol–water partition coefficient (Wildman–Crippen LogP) is 1.73. The monoisotopic (exact) mass is 329 g/mol. The van der Waals surface area contributed by atoms with E-state index < -0.39 is 0 Å². The minimum Gasteiger partial charge on any atom is -0.497 e. The Labute approximate surface area is 141 Å². The van der Waals surface area contributed by atoms with Crippen LogP contribution in [0.15, 0.2) is 30.6 Å². The molecule has 1 amide bonds. The van der Waals surface area contributed by atoms with Gasteiger partial charge in [0.25, 0.3) is 0 Å². The molecule has 0 bridgehead atoms. The van der Waals surface area contributed by atoms with E-state index in [1.807, 2.05) is 31.4 Å². The van der Waals surface area contributed by atoms with Crippen molar-refractivity contribution in [2.75, 3.05) is 20.3 Å². The van der Waals surface area contributed by atoms with Gasteiger partial charge >= 0.3 is 0 Å². The average molecular weight is 329 g/mol. The second kappa shape index (κ2) is 7.38. The van der Waals surface area contributed by atoms with E-state index in [1.165, 1.54) is 0 Å². The number of nitrogens with zero attached hydrogens (tertiary/aromatic N) is 2. The number of rotatable bonds is 6. The van der Waals surface area contributed by atoms with E-state index in [0.29, 0.717) is 31.9 Å². The first kappa shape index (κ1) is 16.4. The quantitative estimate of drug-likeness (QED) is 0.876. The molecule has 0 fully saturated rings. The number of ether oxygens (including phenoxy) is 2. The van der Waals surface area contributed by atoms with Crippen LogP contribution in [0.3, 0.4) is 0 Å². The van der Waals surface area contributed by atoms with Gasteiger partial charge in [-0.1, -0.05) is 6.07 Å². The number of nitrogens with one attached hydrogen (secondary N) is 1. The number of methoxy groups -OCH3 is 1. The highest BCUT2D eigenvalue weighted by atomic mass is 16.5. The number of hydrogen-bond acceptors (Lipinski definition) is 4. The summed E-state index contributed by atoms with van der Waals surface area (Å²) in [6.07, 6.45) is 5.83. The van der Waals surface area contributed by atoms with Gasteiger partial charge in [-0.3, -0.25) is 9.48 Å². The molecule has 1 unspecified atom stereocenters.